The Labute approximate surface area is 112 Å². The number of hydrogen-bond donors (Lipinski definition) is 3. The molecule has 20 heavy (non-hydrogen) atoms. The van der Waals surface area contributed by atoms with E-state index in [0.717, 1.165) is 0 Å². The summed E-state index contributed by atoms with van der Waals surface area (Å²) < 4.78 is 12.9. The highest BCUT2D eigenvalue weighted by atomic mass is 19.1. The van der Waals surface area contributed by atoms with Crippen molar-refractivity contribution in [3.05, 3.63) is 48.2 Å². The standard InChI is InChI=1S/C12H9FN6O/c13-8-3-1-7(2-4-8)10-9(5-15-18-10)11(20)17-12-14-6-16-19-12/h1-6H,(H,15,18)(H2,14,16,17,19,20). The molecule has 8 heteroatoms. The number of hydrogen-bond acceptors (Lipinski definition) is 4. The molecule has 0 aliphatic rings. The van der Waals surface area contributed by atoms with Crippen LogP contribution in [0.15, 0.2) is 36.8 Å². The van der Waals surface area contributed by atoms with E-state index in [0.29, 0.717) is 16.8 Å². The lowest BCUT2D eigenvalue weighted by atomic mass is 10.1. The molecule has 2 aromatic heterocycles. The molecule has 2 heterocycles. The third-order valence-electron chi connectivity index (χ3n) is 2.66. The van der Waals surface area contributed by atoms with Crippen molar-refractivity contribution in [3.8, 4) is 11.3 Å². The second kappa shape index (κ2) is 4.92. The van der Waals surface area contributed by atoms with E-state index in [4.69, 9.17) is 0 Å². The molecule has 0 saturated carbocycles. The van der Waals surface area contributed by atoms with E-state index in [1.807, 2.05) is 0 Å². The lowest BCUT2D eigenvalue weighted by Crippen LogP contribution is -2.13. The van der Waals surface area contributed by atoms with Crippen LogP contribution in [0.2, 0.25) is 0 Å². The lowest BCUT2D eigenvalue weighted by molar-refractivity contribution is 0.102. The van der Waals surface area contributed by atoms with Crippen LogP contribution in [0, 0.1) is 5.82 Å². The van der Waals surface area contributed by atoms with Crippen LogP contribution in [0.1, 0.15) is 10.4 Å². The molecule has 0 radical (unpaired) electrons. The van der Waals surface area contributed by atoms with Gasteiger partial charge in [0.1, 0.15) is 12.1 Å². The molecule has 100 valence electrons. The van der Waals surface area contributed by atoms with Gasteiger partial charge in [0.05, 0.1) is 17.5 Å². The number of H-pyrrole nitrogens is 2. The van der Waals surface area contributed by atoms with Crippen LogP contribution in [0.5, 0.6) is 0 Å². The maximum atomic E-state index is 12.9. The molecule has 0 atom stereocenters. The molecular weight excluding hydrogens is 263 g/mol. The van der Waals surface area contributed by atoms with Gasteiger partial charge in [-0.05, 0) is 24.3 Å². The van der Waals surface area contributed by atoms with Crippen molar-refractivity contribution in [2.45, 2.75) is 0 Å². The Morgan fingerprint density at radius 2 is 1.95 bits per heavy atom. The molecule has 1 aromatic carbocycles. The Morgan fingerprint density at radius 3 is 2.65 bits per heavy atom. The molecule has 3 rings (SSSR count). The number of carbonyl (C=O) groups excluding carboxylic acids is 1. The summed E-state index contributed by atoms with van der Waals surface area (Å²) in [5, 5.41) is 15.3. The highest BCUT2D eigenvalue weighted by molar-refractivity contribution is 6.07. The van der Waals surface area contributed by atoms with Gasteiger partial charge >= 0.3 is 0 Å². The number of nitrogens with zero attached hydrogens (tertiary/aromatic N) is 3. The molecule has 7 nitrogen and oxygen atoms in total. The highest BCUT2D eigenvalue weighted by Crippen LogP contribution is 2.21. The van der Waals surface area contributed by atoms with Gasteiger partial charge in [0.15, 0.2) is 0 Å². The molecular formula is C12H9FN6O. The van der Waals surface area contributed by atoms with E-state index in [1.165, 1.54) is 24.7 Å². The van der Waals surface area contributed by atoms with Crippen LogP contribution in [0.25, 0.3) is 11.3 Å². The van der Waals surface area contributed by atoms with Crippen LogP contribution in [0.3, 0.4) is 0 Å². The van der Waals surface area contributed by atoms with E-state index in [-0.39, 0.29) is 11.8 Å². The third kappa shape index (κ3) is 2.26. The van der Waals surface area contributed by atoms with Crippen LogP contribution in [0.4, 0.5) is 10.3 Å². The van der Waals surface area contributed by atoms with Crippen molar-refractivity contribution >= 4 is 11.9 Å². The number of anilines is 1. The van der Waals surface area contributed by atoms with E-state index in [9.17, 15) is 9.18 Å². The zero-order valence-electron chi connectivity index (χ0n) is 10.1. The van der Waals surface area contributed by atoms with Gasteiger partial charge in [0.2, 0.25) is 5.95 Å². The van der Waals surface area contributed by atoms with E-state index < -0.39 is 5.91 Å². The van der Waals surface area contributed by atoms with Gasteiger partial charge in [-0.15, -0.1) is 0 Å². The molecule has 0 aliphatic carbocycles. The zero-order chi connectivity index (χ0) is 13.9. The summed E-state index contributed by atoms with van der Waals surface area (Å²) >= 11 is 0. The van der Waals surface area contributed by atoms with Crippen molar-refractivity contribution in [2.24, 2.45) is 0 Å². The van der Waals surface area contributed by atoms with Gasteiger partial charge in [-0.25, -0.2) is 9.49 Å². The number of amides is 1. The first-order valence-electron chi connectivity index (χ1n) is 5.70. The number of halogens is 1. The van der Waals surface area contributed by atoms with E-state index >= 15 is 0 Å². The average molecular weight is 272 g/mol. The van der Waals surface area contributed by atoms with Crippen molar-refractivity contribution in [2.75, 3.05) is 5.32 Å². The van der Waals surface area contributed by atoms with Crippen LogP contribution >= 0.6 is 0 Å². The zero-order valence-corrected chi connectivity index (χ0v) is 10.1. The summed E-state index contributed by atoms with van der Waals surface area (Å²) in [4.78, 5) is 15.9. The Morgan fingerprint density at radius 1 is 1.15 bits per heavy atom. The first-order chi connectivity index (χ1) is 9.74. The fourth-order valence-electron chi connectivity index (χ4n) is 1.74. The first-order valence-corrected chi connectivity index (χ1v) is 5.70. The topological polar surface area (TPSA) is 99.3 Å². The molecule has 3 N–H and O–H groups in total. The molecule has 1 amide bonds. The summed E-state index contributed by atoms with van der Waals surface area (Å²) in [5.74, 6) is -0.503. The summed E-state index contributed by atoms with van der Waals surface area (Å²) in [6, 6.07) is 5.75. The van der Waals surface area contributed by atoms with Gasteiger partial charge < -0.3 is 0 Å². The van der Waals surface area contributed by atoms with Gasteiger partial charge in [-0.2, -0.15) is 15.2 Å². The predicted octanol–water partition coefficient (Wildman–Crippen LogP) is 1.59. The average Bonchev–Trinajstić information content (AvgIpc) is 3.10. The summed E-state index contributed by atoms with van der Waals surface area (Å²) in [6.07, 6.45) is 2.68. The van der Waals surface area contributed by atoms with Crippen LogP contribution in [-0.4, -0.2) is 31.3 Å². The fourth-order valence-corrected chi connectivity index (χ4v) is 1.74. The molecule has 0 fully saturated rings. The maximum absolute atomic E-state index is 12.9. The number of aromatic amines is 2. The lowest BCUT2D eigenvalue weighted by Gasteiger charge is -2.03. The van der Waals surface area contributed by atoms with Gasteiger partial charge in [0, 0.05) is 5.56 Å². The van der Waals surface area contributed by atoms with Crippen molar-refractivity contribution in [1.29, 1.82) is 0 Å². The second-order valence-corrected chi connectivity index (χ2v) is 3.95. The monoisotopic (exact) mass is 272 g/mol. The minimum atomic E-state index is -0.394. The summed E-state index contributed by atoms with van der Waals surface area (Å²) in [6.45, 7) is 0. The molecule has 0 saturated heterocycles. The molecule has 0 spiro atoms. The van der Waals surface area contributed by atoms with Crippen LogP contribution in [-0.2, 0) is 0 Å². The minimum absolute atomic E-state index is 0.237. The van der Waals surface area contributed by atoms with E-state index in [1.54, 1.807) is 12.1 Å². The number of rotatable bonds is 3. The SMILES string of the molecule is O=C(Nc1ncn[nH]1)c1cn[nH]c1-c1ccc(F)cc1. The summed E-state index contributed by atoms with van der Waals surface area (Å²) in [7, 11) is 0. The van der Waals surface area contributed by atoms with Crippen molar-refractivity contribution in [3.63, 3.8) is 0 Å². The number of aromatic nitrogens is 5. The predicted molar refractivity (Wildman–Crippen MR) is 68.3 cm³/mol. The highest BCUT2D eigenvalue weighted by Gasteiger charge is 2.16. The Hall–Kier alpha value is -3.03. The number of benzene rings is 1. The first kappa shape index (κ1) is 12.0. The Kier molecular flexibility index (Phi) is 2.96. The largest absolute Gasteiger partial charge is 0.291 e. The second-order valence-electron chi connectivity index (χ2n) is 3.95. The molecule has 0 bridgehead atoms. The van der Waals surface area contributed by atoms with E-state index in [2.05, 4.69) is 30.7 Å². The van der Waals surface area contributed by atoms with Gasteiger partial charge in [-0.1, -0.05) is 0 Å². The Bertz CT molecular complexity index is 719. The van der Waals surface area contributed by atoms with Crippen molar-refractivity contribution in [1.82, 2.24) is 25.4 Å². The fraction of sp³-hybridized carbons (Fsp3) is 0. The van der Waals surface area contributed by atoms with Gasteiger partial charge in [-0.3, -0.25) is 15.2 Å². The number of carbonyl (C=O) groups is 1. The van der Waals surface area contributed by atoms with Gasteiger partial charge in [0.25, 0.3) is 5.91 Å². The quantitative estimate of drug-likeness (QED) is 0.674. The summed E-state index contributed by atoms with van der Waals surface area (Å²) in [5.41, 5.74) is 1.49. The normalized spacial score (nSPS) is 10.4. The van der Waals surface area contributed by atoms with Crippen molar-refractivity contribution < 1.29 is 9.18 Å². The Balaban J connectivity index is 1.90. The molecule has 3 aromatic rings. The smallest absolute Gasteiger partial charge is 0.261 e. The number of nitrogens with one attached hydrogen (secondary N) is 3. The molecule has 0 aliphatic heterocycles. The maximum Gasteiger partial charge on any atom is 0.261 e. The minimum Gasteiger partial charge on any atom is -0.291 e. The van der Waals surface area contributed by atoms with Crippen LogP contribution < -0.4 is 5.32 Å². The third-order valence-corrected chi connectivity index (χ3v) is 2.66. The molecule has 0 unspecified atom stereocenters.